The predicted octanol–water partition coefficient (Wildman–Crippen LogP) is 3.85. The van der Waals surface area contributed by atoms with Crippen molar-refractivity contribution in [3.05, 3.63) is 84.2 Å². The van der Waals surface area contributed by atoms with Gasteiger partial charge < -0.3 is 19.5 Å². The summed E-state index contributed by atoms with van der Waals surface area (Å²) in [5, 5.41) is 2.80. The molecule has 7 nitrogen and oxygen atoms in total. The lowest BCUT2D eigenvalue weighted by atomic mass is 10.1. The summed E-state index contributed by atoms with van der Waals surface area (Å²) in [4.78, 5) is 28.2. The second-order valence-electron chi connectivity index (χ2n) is 6.18. The third-order valence-electron chi connectivity index (χ3n) is 4.06. The van der Waals surface area contributed by atoms with E-state index in [1.165, 1.54) is 0 Å². The molecule has 1 N–H and O–H groups in total. The number of pyridine rings is 1. The SMILES string of the molecule is CCOC(=O)COc1ccccc1COc1ccccc1C(=O)Nc1cccnc1. The highest BCUT2D eigenvalue weighted by molar-refractivity contribution is 6.06. The van der Waals surface area contributed by atoms with Gasteiger partial charge in [0.15, 0.2) is 6.61 Å². The first-order valence-corrected chi connectivity index (χ1v) is 9.47. The Labute approximate surface area is 174 Å². The van der Waals surface area contributed by atoms with E-state index in [1.54, 1.807) is 67.8 Å². The fraction of sp³-hybridized carbons (Fsp3) is 0.174. The Morgan fingerprint density at radius 1 is 0.933 bits per heavy atom. The van der Waals surface area contributed by atoms with E-state index in [-0.39, 0.29) is 19.1 Å². The second-order valence-corrected chi connectivity index (χ2v) is 6.18. The summed E-state index contributed by atoms with van der Waals surface area (Å²) in [6, 6.07) is 17.7. The summed E-state index contributed by atoms with van der Waals surface area (Å²) in [5.41, 5.74) is 1.73. The number of aromatic nitrogens is 1. The zero-order chi connectivity index (χ0) is 21.2. The number of carbonyl (C=O) groups excluding carboxylic acids is 2. The minimum absolute atomic E-state index is 0.163. The third-order valence-corrected chi connectivity index (χ3v) is 4.06. The number of hydrogen-bond donors (Lipinski definition) is 1. The van der Waals surface area contributed by atoms with Gasteiger partial charge in [-0.15, -0.1) is 0 Å². The van der Waals surface area contributed by atoms with Crippen molar-refractivity contribution in [2.24, 2.45) is 0 Å². The molecular weight excluding hydrogens is 384 g/mol. The summed E-state index contributed by atoms with van der Waals surface area (Å²) in [5.74, 6) is 0.206. The number of anilines is 1. The Morgan fingerprint density at radius 2 is 1.70 bits per heavy atom. The maximum atomic E-state index is 12.7. The molecule has 7 heteroatoms. The van der Waals surface area contributed by atoms with Crippen LogP contribution < -0.4 is 14.8 Å². The second kappa shape index (κ2) is 10.6. The van der Waals surface area contributed by atoms with Gasteiger partial charge in [-0.25, -0.2) is 4.79 Å². The van der Waals surface area contributed by atoms with Gasteiger partial charge in [0.05, 0.1) is 24.1 Å². The Balaban J connectivity index is 1.68. The van der Waals surface area contributed by atoms with Gasteiger partial charge in [-0.1, -0.05) is 30.3 Å². The number of para-hydroxylation sites is 2. The van der Waals surface area contributed by atoms with Crippen LogP contribution in [0.4, 0.5) is 5.69 Å². The topological polar surface area (TPSA) is 86.8 Å². The van der Waals surface area contributed by atoms with Gasteiger partial charge in [-0.2, -0.15) is 0 Å². The zero-order valence-electron chi connectivity index (χ0n) is 16.5. The maximum absolute atomic E-state index is 12.7. The average Bonchev–Trinajstić information content (AvgIpc) is 2.78. The molecule has 0 radical (unpaired) electrons. The molecule has 0 saturated heterocycles. The van der Waals surface area contributed by atoms with Crippen LogP contribution in [0.25, 0.3) is 0 Å². The van der Waals surface area contributed by atoms with E-state index < -0.39 is 5.97 Å². The fourth-order valence-corrected chi connectivity index (χ4v) is 2.67. The highest BCUT2D eigenvalue weighted by Crippen LogP contribution is 2.24. The van der Waals surface area contributed by atoms with Crippen molar-refractivity contribution in [1.82, 2.24) is 4.98 Å². The lowest BCUT2D eigenvalue weighted by molar-refractivity contribution is -0.145. The van der Waals surface area contributed by atoms with Crippen molar-refractivity contribution in [3.63, 3.8) is 0 Å². The smallest absolute Gasteiger partial charge is 0.344 e. The zero-order valence-corrected chi connectivity index (χ0v) is 16.5. The molecule has 0 aliphatic carbocycles. The van der Waals surface area contributed by atoms with Crippen LogP contribution >= 0.6 is 0 Å². The number of ether oxygens (including phenoxy) is 3. The molecule has 0 fully saturated rings. The molecule has 1 heterocycles. The van der Waals surface area contributed by atoms with Gasteiger partial charge in [0.1, 0.15) is 18.1 Å². The number of amides is 1. The first kappa shape index (κ1) is 20.9. The molecule has 2 aromatic carbocycles. The molecule has 3 aromatic rings. The molecule has 0 aliphatic heterocycles. The third kappa shape index (κ3) is 5.81. The Bertz CT molecular complexity index is 992. The van der Waals surface area contributed by atoms with Crippen molar-refractivity contribution >= 4 is 17.6 Å². The van der Waals surface area contributed by atoms with E-state index in [2.05, 4.69) is 10.3 Å². The van der Waals surface area contributed by atoms with Gasteiger partial charge in [0.25, 0.3) is 5.91 Å². The molecule has 154 valence electrons. The minimum Gasteiger partial charge on any atom is -0.488 e. The fourth-order valence-electron chi connectivity index (χ4n) is 2.67. The van der Waals surface area contributed by atoms with Gasteiger partial charge in [0.2, 0.25) is 0 Å². The van der Waals surface area contributed by atoms with Crippen molar-refractivity contribution in [3.8, 4) is 11.5 Å². The summed E-state index contributed by atoms with van der Waals surface area (Å²) in [6.45, 7) is 2.01. The number of hydrogen-bond acceptors (Lipinski definition) is 6. The van der Waals surface area contributed by atoms with E-state index in [0.29, 0.717) is 29.4 Å². The number of rotatable bonds is 9. The van der Waals surface area contributed by atoms with Gasteiger partial charge >= 0.3 is 5.97 Å². The van der Waals surface area contributed by atoms with Gasteiger partial charge in [0, 0.05) is 11.8 Å². The normalized spacial score (nSPS) is 10.2. The Hall–Kier alpha value is -3.87. The lowest BCUT2D eigenvalue weighted by Gasteiger charge is -2.14. The first-order chi connectivity index (χ1) is 14.7. The van der Waals surface area contributed by atoms with Crippen LogP contribution in [0, 0.1) is 0 Å². The largest absolute Gasteiger partial charge is 0.488 e. The molecular formula is C23H22N2O5. The molecule has 0 atom stereocenters. The summed E-state index contributed by atoms with van der Waals surface area (Å²) in [7, 11) is 0. The van der Waals surface area contributed by atoms with Crippen LogP contribution in [0.3, 0.4) is 0 Å². The summed E-state index contributed by atoms with van der Waals surface area (Å²) < 4.78 is 16.3. The van der Waals surface area contributed by atoms with Gasteiger partial charge in [-0.3, -0.25) is 9.78 Å². The average molecular weight is 406 g/mol. The van der Waals surface area contributed by atoms with E-state index in [1.807, 2.05) is 12.1 Å². The molecule has 1 aromatic heterocycles. The quantitative estimate of drug-likeness (QED) is 0.543. The van der Waals surface area contributed by atoms with E-state index in [4.69, 9.17) is 14.2 Å². The molecule has 1 amide bonds. The Morgan fingerprint density at radius 3 is 2.47 bits per heavy atom. The predicted molar refractivity (Wildman–Crippen MR) is 112 cm³/mol. The summed E-state index contributed by atoms with van der Waals surface area (Å²) in [6.07, 6.45) is 3.20. The van der Waals surface area contributed by atoms with Crippen molar-refractivity contribution in [1.29, 1.82) is 0 Å². The van der Waals surface area contributed by atoms with Crippen LogP contribution in [0.1, 0.15) is 22.8 Å². The van der Waals surface area contributed by atoms with Crippen LogP contribution in [-0.4, -0.2) is 30.1 Å². The van der Waals surface area contributed by atoms with Crippen LogP contribution in [0.15, 0.2) is 73.1 Å². The minimum atomic E-state index is -0.439. The number of esters is 1. The van der Waals surface area contributed by atoms with Crippen molar-refractivity contribution < 1.29 is 23.8 Å². The highest BCUT2D eigenvalue weighted by Gasteiger charge is 2.14. The number of nitrogens with zero attached hydrogens (tertiary/aromatic N) is 1. The van der Waals surface area contributed by atoms with Crippen molar-refractivity contribution in [2.75, 3.05) is 18.5 Å². The van der Waals surface area contributed by atoms with Crippen LogP contribution in [0.2, 0.25) is 0 Å². The number of carbonyl (C=O) groups is 2. The first-order valence-electron chi connectivity index (χ1n) is 9.47. The molecule has 0 bridgehead atoms. The van der Waals surface area contributed by atoms with Gasteiger partial charge in [-0.05, 0) is 37.3 Å². The van der Waals surface area contributed by atoms with Crippen molar-refractivity contribution in [2.45, 2.75) is 13.5 Å². The molecule has 3 rings (SSSR count). The van der Waals surface area contributed by atoms with Crippen LogP contribution in [-0.2, 0) is 16.1 Å². The van der Waals surface area contributed by atoms with E-state index in [0.717, 1.165) is 5.56 Å². The molecule has 30 heavy (non-hydrogen) atoms. The Kier molecular flexibility index (Phi) is 7.38. The highest BCUT2D eigenvalue weighted by atomic mass is 16.6. The van der Waals surface area contributed by atoms with E-state index >= 15 is 0 Å². The molecule has 0 unspecified atom stereocenters. The monoisotopic (exact) mass is 406 g/mol. The molecule has 0 spiro atoms. The number of nitrogens with one attached hydrogen (secondary N) is 1. The molecule has 0 aliphatic rings. The standard InChI is InChI=1S/C23H22N2O5/c1-2-28-22(26)16-30-20-11-5-3-8-17(20)15-29-21-12-6-4-10-19(21)23(27)25-18-9-7-13-24-14-18/h3-14H,2,15-16H2,1H3,(H,25,27). The lowest BCUT2D eigenvalue weighted by Crippen LogP contribution is -2.16. The van der Waals surface area contributed by atoms with Crippen LogP contribution in [0.5, 0.6) is 11.5 Å². The molecule has 0 saturated carbocycles. The van der Waals surface area contributed by atoms with E-state index in [9.17, 15) is 9.59 Å². The summed E-state index contributed by atoms with van der Waals surface area (Å²) >= 11 is 0. The number of benzene rings is 2. The maximum Gasteiger partial charge on any atom is 0.344 e.